The van der Waals surface area contributed by atoms with Crippen LogP contribution in [0.1, 0.15) is 10.4 Å². The number of hydrogen-bond acceptors (Lipinski definition) is 5. The molecule has 4 nitrogen and oxygen atoms in total. The molecule has 0 aromatic heterocycles. The van der Waals surface area contributed by atoms with Crippen molar-refractivity contribution in [2.24, 2.45) is 5.84 Å². The second-order valence-corrected chi connectivity index (χ2v) is 5.03. The largest absolute Gasteiger partial charge is 0.454 e. The fourth-order valence-electron chi connectivity index (χ4n) is 1.55. The minimum atomic E-state index is -0.632. The fourth-order valence-corrected chi connectivity index (χ4v) is 1.72. The molecule has 0 fully saturated rings. The van der Waals surface area contributed by atoms with Gasteiger partial charge in [0.2, 0.25) is 0 Å². The van der Waals surface area contributed by atoms with Gasteiger partial charge in [-0.3, -0.25) is 9.80 Å². The highest BCUT2D eigenvalue weighted by Crippen LogP contribution is 2.25. The number of ether oxygens (including phenoxy) is 1. The van der Waals surface area contributed by atoms with E-state index in [9.17, 15) is 9.18 Å². The van der Waals surface area contributed by atoms with Gasteiger partial charge in [0.05, 0.1) is 0 Å². The molecule has 2 rings (SSSR count). The lowest BCUT2D eigenvalue weighted by atomic mass is 10.2. The minimum absolute atomic E-state index is 0.0873. The molecular formula is C14H10FN2O2S2-. The lowest BCUT2D eigenvalue weighted by Crippen LogP contribution is -2.40. The van der Waals surface area contributed by atoms with Crippen molar-refractivity contribution in [3.63, 3.8) is 0 Å². The lowest BCUT2D eigenvalue weighted by molar-refractivity contribution is 0.0852. The summed E-state index contributed by atoms with van der Waals surface area (Å²) in [5.41, 5.74) is 0.122. The average molecular weight is 321 g/mol. The molecule has 0 aliphatic heterocycles. The number of hydrazine groups is 1. The zero-order chi connectivity index (χ0) is 15.4. The van der Waals surface area contributed by atoms with Crippen LogP contribution in [0.15, 0.2) is 48.5 Å². The highest BCUT2D eigenvalue weighted by molar-refractivity contribution is 8.00. The van der Waals surface area contributed by atoms with Crippen molar-refractivity contribution in [1.29, 1.82) is 0 Å². The number of rotatable bonds is 3. The summed E-state index contributed by atoms with van der Waals surface area (Å²) in [7, 11) is 0. The first-order chi connectivity index (χ1) is 9.99. The highest BCUT2D eigenvalue weighted by atomic mass is 32.1. The number of hydrogen-bond donors (Lipinski definition) is 1. The molecule has 2 aromatic carbocycles. The van der Waals surface area contributed by atoms with E-state index in [0.29, 0.717) is 10.8 Å². The summed E-state index contributed by atoms with van der Waals surface area (Å²) < 4.78 is 18.9. The van der Waals surface area contributed by atoms with Gasteiger partial charge in [0.25, 0.3) is 5.91 Å². The van der Waals surface area contributed by atoms with Crippen LogP contribution in [0.3, 0.4) is 0 Å². The second kappa shape index (κ2) is 6.57. The summed E-state index contributed by atoms with van der Waals surface area (Å²) in [5, 5.41) is 0.643. The average Bonchev–Trinajstić information content (AvgIpc) is 2.49. The molecule has 0 heterocycles. The van der Waals surface area contributed by atoms with Crippen molar-refractivity contribution in [2.75, 3.05) is 0 Å². The third kappa shape index (κ3) is 3.72. The SMILES string of the molecule is NN(C(=O)c1ccc(F)c(Oc2ccccc2)c1)C(=S)[S-]. The zero-order valence-corrected chi connectivity index (χ0v) is 12.3. The highest BCUT2D eigenvalue weighted by Gasteiger charge is 2.15. The summed E-state index contributed by atoms with van der Waals surface area (Å²) in [6.07, 6.45) is 0. The van der Waals surface area contributed by atoms with Crippen LogP contribution in [-0.4, -0.2) is 15.2 Å². The van der Waals surface area contributed by atoms with Gasteiger partial charge in [-0.2, -0.15) is 0 Å². The van der Waals surface area contributed by atoms with Crippen molar-refractivity contribution < 1.29 is 13.9 Å². The number of nitrogens with zero attached hydrogens (tertiary/aromatic N) is 1. The lowest BCUT2D eigenvalue weighted by Gasteiger charge is -2.20. The van der Waals surface area contributed by atoms with E-state index in [-0.39, 0.29) is 15.6 Å². The third-order valence-corrected chi connectivity index (χ3v) is 2.96. The van der Waals surface area contributed by atoms with Crippen LogP contribution in [0.5, 0.6) is 11.5 Å². The number of thiocarbonyl (C=S) groups is 1. The summed E-state index contributed by atoms with van der Waals surface area (Å²) in [5.74, 6) is 4.57. The molecule has 21 heavy (non-hydrogen) atoms. The summed E-state index contributed by atoms with van der Waals surface area (Å²) in [6.45, 7) is 0. The quantitative estimate of drug-likeness (QED) is 0.310. The number of carbonyl (C=O) groups is 1. The van der Waals surface area contributed by atoms with Gasteiger partial charge in [0.15, 0.2) is 11.6 Å². The van der Waals surface area contributed by atoms with Crippen molar-refractivity contribution >= 4 is 35.1 Å². The first-order valence-corrected chi connectivity index (χ1v) is 6.63. The van der Waals surface area contributed by atoms with E-state index < -0.39 is 11.7 Å². The monoisotopic (exact) mass is 321 g/mol. The number of halogens is 1. The molecule has 0 atom stereocenters. The number of carbonyl (C=O) groups excluding carboxylic acids is 1. The van der Waals surface area contributed by atoms with E-state index in [1.165, 1.54) is 12.1 Å². The third-order valence-electron chi connectivity index (χ3n) is 2.56. The molecule has 0 spiro atoms. The van der Waals surface area contributed by atoms with Gasteiger partial charge in [0, 0.05) is 5.56 Å². The topological polar surface area (TPSA) is 55.6 Å². The number of para-hydroxylation sites is 1. The number of nitrogens with two attached hydrogens (primary N) is 1. The van der Waals surface area contributed by atoms with E-state index in [0.717, 1.165) is 6.07 Å². The second-order valence-electron chi connectivity index (χ2n) is 4.00. The maximum atomic E-state index is 13.8. The Bertz CT molecular complexity index is 680. The van der Waals surface area contributed by atoms with Gasteiger partial charge in [0.1, 0.15) is 5.75 Å². The molecule has 108 valence electrons. The number of amides is 1. The van der Waals surface area contributed by atoms with Crippen LogP contribution < -0.4 is 10.6 Å². The Morgan fingerprint density at radius 3 is 2.52 bits per heavy atom. The summed E-state index contributed by atoms with van der Waals surface area (Å²) >= 11 is 9.30. The molecule has 2 aromatic rings. The van der Waals surface area contributed by atoms with E-state index in [1.807, 2.05) is 0 Å². The van der Waals surface area contributed by atoms with Crippen LogP contribution in [-0.2, 0) is 12.6 Å². The molecule has 0 aliphatic rings. The van der Waals surface area contributed by atoms with E-state index in [4.69, 9.17) is 10.6 Å². The predicted molar refractivity (Wildman–Crippen MR) is 83.2 cm³/mol. The first-order valence-electron chi connectivity index (χ1n) is 5.81. The Morgan fingerprint density at radius 1 is 1.24 bits per heavy atom. The molecule has 2 N–H and O–H groups in total. The molecule has 7 heteroatoms. The van der Waals surface area contributed by atoms with Crippen LogP contribution in [0.4, 0.5) is 4.39 Å². The first kappa shape index (κ1) is 15.3. The maximum Gasteiger partial charge on any atom is 0.271 e. The molecule has 0 unspecified atom stereocenters. The Balaban J connectivity index is 2.29. The zero-order valence-electron chi connectivity index (χ0n) is 10.7. The maximum absolute atomic E-state index is 13.8. The van der Waals surface area contributed by atoms with Crippen LogP contribution in [0.25, 0.3) is 0 Å². The van der Waals surface area contributed by atoms with Crippen molar-refractivity contribution in [3.05, 3.63) is 59.9 Å². The van der Waals surface area contributed by atoms with Gasteiger partial charge in [-0.15, -0.1) is 0 Å². The van der Waals surface area contributed by atoms with Gasteiger partial charge < -0.3 is 29.6 Å². The standard InChI is InChI=1S/C14H11FN2O2S2/c15-11-7-6-9(13(18)17(16)14(20)21)8-12(11)19-10-4-2-1-3-5-10/h1-8H,16H2,(H,20,21)/p-1. The molecule has 1 amide bonds. The Labute approximate surface area is 131 Å². The summed E-state index contributed by atoms with van der Waals surface area (Å²) in [6, 6.07) is 12.3. The molecular weight excluding hydrogens is 311 g/mol. The molecule has 0 aliphatic carbocycles. The smallest absolute Gasteiger partial charge is 0.271 e. The molecule has 0 saturated heterocycles. The minimum Gasteiger partial charge on any atom is -0.454 e. The van der Waals surface area contributed by atoms with Crippen molar-refractivity contribution in [2.45, 2.75) is 0 Å². The van der Waals surface area contributed by atoms with E-state index in [2.05, 4.69) is 24.8 Å². The van der Waals surface area contributed by atoms with Gasteiger partial charge >= 0.3 is 0 Å². The molecule has 0 saturated carbocycles. The van der Waals surface area contributed by atoms with Gasteiger partial charge in [-0.25, -0.2) is 10.2 Å². The molecule has 0 bridgehead atoms. The van der Waals surface area contributed by atoms with Crippen LogP contribution in [0, 0.1) is 5.82 Å². The fraction of sp³-hybridized carbons (Fsp3) is 0. The van der Waals surface area contributed by atoms with Crippen LogP contribution in [0.2, 0.25) is 0 Å². The van der Waals surface area contributed by atoms with E-state index in [1.54, 1.807) is 30.3 Å². The van der Waals surface area contributed by atoms with Crippen molar-refractivity contribution in [1.82, 2.24) is 5.01 Å². The van der Waals surface area contributed by atoms with Gasteiger partial charge in [-0.1, -0.05) is 18.2 Å². The van der Waals surface area contributed by atoms with Gasteiger partial charge in [-0.05, 0) is 34.7 Å². The van der Waals surface area contributed by atoms with Crippen LogP contribution >= 0.6 is 12.2 Å². The van der Waals surface area contributed by atoms with E-state index >= 15 is 0 Å². The summed E-state index contributed by atoms with van der Waals surface area (Å²) in [4.78, 5) is 12.0. The Kier molecular flexibility index (Phi) is 4.79. The Hall–Kier alpha value is -2.09. The Morgan fingerprint density at radius 2 is 1.90 bits per heavy atom. The normalized spacial score (nSPS) is 10.0. The molecule has 0 radical (unpaired) electrons. The van der Waals surface area contributed by atoms with Crippen molar-refractivity contribution in [3.8, 4) is 11.5 Å². The number of benzene rings is 2. The predicted octanol–water partition coefficient (Wildman–Crippen LogP) is 2.77.